The van der Waals surface area contributed by atoms with E-state index in [1.807, 2.05) is 34.9 Å². The fraction of sp³-hybridized carbons (Fsp3) is 0.125. The molecule has 3 aromatic rings. The predicted octanol–water partition coefficient (Wildman–Crippen LogP) is 3.58. The van der Waals surface area contributed by atoms with E-state index in [1.54, 1.807) is 24.5 Å². The second kappa shape index (κ2) is 7.09. The number of rotatable bonds is 6. The molecule has 2 aromatic carbocycles. The number of hydrogen-bond acceptors (Lipinski definition) is 4. The van der Waals surface area contributed by atoms with Gasteiger partial charge in [0.15, 0.2) is 16.7 Å². The lowest BCUT2D eigenvalue weighted by Crippen LogP contribution is -2.03. The maximum atomic E-state index is 13.4. The summed E-state index contributed by atoms with van der Waals surface area (Å²) in [7, 11) is 0. The molecule has 0 unspecified atom stereocenters. The Morgan fingerprint density at radius 2 is 1.82 bits per heavy atom. The molecule has 0 spiro atoms. The summed E-state index contributed by atoms with van der Waals surface area (Å²) in [6.45, 7) is 0.396. The van der Waals surface area contributed by atoms with Crippen LogP contribution in [0.4, 0.5) is 4.39 Å². The van der Waals surface area contributed by atoms with Crippen molar-refractivity contribution in [2.24, 2.45) is 0 Å². The quantitative estimate of drug-likeness (QED) is 0.515. The topological polar surface area (TPSA) is 39.9 Å². The van der Waals surface area contributed by atoms with Crippen LogP contribution in [0.2, 0.25) is 0 Å². The smallest absolute Gasteiger partial charge is 0.195 e. The van der Waals surface area contributed by atoms with Gasteiger partial charge in [0.2, 0.25) is 0 Å². The van der Waals surface area contributed by atoms with Crippen molar-refractivity contribution in [2.45, 2.75) is 5.16 Å². The first kappa shape index (κ1) is 14.6. The second-order valence-electron chi connectivity index (χ2n) is 4.45. The number of nitrogens with zero attached hydrogens (tertiary/aromatic N) is 3. The largest absolute Gasteiger partial charge is 0.490 e. The molecule has 0 saturated carbocycles. The van der Waals surface area contributed by atoms with Gasteiger partial charge in [-0.05, 0) is 24.3 Å². The molecule has 3 rings (SSSR count). The SMILES string of the molecule is Fc1ccccc1OCCSc1nncn1-c1ccccc1. The lowest BCUT2D eigenvalue weighted by molar-refractivity contribution is 0.325. The molecule has 0 saturated heterocycles. The third kappa shape index (κ3) is 3.46. The standard InChI is InChI=1S/C16H14FN3OS/c17-14-8-4-5-9-15(14)21-10-11-22-16-19-18-12-20(16)13-6-2-1-3-7-13/h1-9,12H,10-11H2. The molecular weight excluding hydrogens is 301 g/mol. The van der Waals surface area contributed by atoms with Crippen molar-refractivity contribution in [2.75, 3.05) is 12.4 Å². The third-order valence-corrected chi connectivity index (χ3v) is 3.87. The van der Waals surface area contributed by atoms with Crippen molar-refractivity contribution in [1.82, 2.24) is 14.8 Å². The zero-order chi connectivity index (χ0) is 15.2. The van der Waals surface area contributed by atoms with E-state index in [0.29, 0.717) is 12.4 Å². The van der Waals surface area contributed by atoms with Crippen LogP contribution in [0.5, 0.6) is 5.75 Å². The molecule has 0 aliphatic heterocycles. The Hall–Kier alpha value is -2.34. The van der Waals surface area contributed by atoms with Gasteiger partial charge in [0.1, 0.15) is 6.33 Å². The first-order valence-corrected chi connectivity index (χ1v) is 7.79. The summed E-state index contributed by atoms with van der Waals surface area (Å²) in [5.74, 6) is 0.576. The number of ether oxygens (including phenoxy) is 1. The zero-order valence-corrected chi connectivity index (χ0v) is 12.5. The maximum absolute atomic E-state index is 13.4. The molecule has 0 radical (unpaired) electrons. The van der Waals surface area contributed by atoms with Crippen molar-refractivity contribution >= 4 is 11.8 Å². The van der Waals surface area contributed by atoms with Crippen LogP contribution in [0, 0.1) is 5.82 Å². The van der Waals surface area contributed by atoms with Crippen LogP contribution in [-0.2, 0) is 0 Å². The molecule has 22 heavy (non-hydrogen) atoms. The van der Waals surface area contributed by atoms with Crippen LogP contribution in [0.15, 0.2) is 66.1 Å². The highest BCUT2D eigenvalue weighted by atomic mass is 32.2. The van der Waals surface area contributed by atoms with Crippen LogP contribution in [0.1, 0.15) is 0 Å². The molecule has 0 amide bonds. The summed E-state index contributed by atoms with van der Waals surface area (Å²) in [4.78, 5) is 0. The molecule has 0 N–H and O–H groups in total. The highest BCUT2D eigenvalue weighted by Gasteiger charge is 2.07. The monoisotopic (exact) mass is 315 g/mol. The van der Waals surface area contributed by atoms with Gasteiger partial charge in [-0.2, -0.15) is 0 Å². The van der Waals surface area contributed by atoms with Gasteiger partial charge >= 0.3 is 0 Å². The van der Waals surface area contributed by atoms with Gasteiger partial charge in [0, 0.05) is 11.4 Å². The van der Waals surface area contributed by atoms with Gasteiger partial charge in [0.25, 0.3) is 0 Å². The summed E-state index contributed by atoms with van der Waals surface area (Å²) in [5, 5.41) is 8.82. The second-order valence-corrected chi connectivity index (χ2v) is 5.51. The highest BCUT2D eigenvalue weighted by Crippen LogP contribution is 2.20. The van der Waals surface area contributed by atoms with E-state index in [4.69, 9.17) is 4.74 Å². The van der Waals surface area contributed by atoms with Gasteiger partial charge in [-0.15, -0.1) is 10.2 Å². The summed E-state index contributed by atoms with van der Waals surface area (Å²) in [6.07, 6.45) is 1.68. The minimum atomic E-state index is -0.347. The van der Waals surface area contributed by atoms with Gasteiger partial charge in [-0.1, -0.05) is 42.1 Å². The van der Waals surface area contributed by atoms with Crippen LogP contribution >= 0.6 is 11.8 Å². The summed E-state index contributed by atoms with van der Waals surface area (Å²) >= 11 is 1.52. The fourth-order valence-electron chi connectivity index (χ4n) is 1.93. The molecule has 6 heteroatoms. The average molecular weight is 315 g/mol. The van der Waals surface area contributed by atoms with Gasteiger partial charge in [-0.25, -0.2) is 4.39 Å². The minimum absolute atomic E-state index is 0.271. The minimum Gasteiger partial charge on any atom is -0.490 e. The molecule has 0 bridgehead atoms. The molecule has 4 nitrogen and oxygen atoms in total. The normalized spacial score (nSPS) is 10.6. The van der Waals surface area contributed by atoms with E-state index in [-0.39, 0.29) is 11.6 Å². The Balaban J connectivity index is 1.57. The molecule has 0 atom stereocenters. The molecule has 0 aliphatic rings. The zero-order valence-electron chi connectivity index (χ0n) is 11.7. The first-order chi connectivity index (χ1) is 10.8. The van der Waals surface area contributed by atoms with E-state index < -0.39 is 0 Å². The Labute approximate surface area is 132 Å². The molecule has 0 aliphatic carbocycles. The Morgan fingerprint density at radius 3 is 2.64 bits per heavy atom. The van der Waals surface area contributed by atoms with Gasteiger partial charge in [-0.3, -0.25) is 4.57 Å². The van der Waals surface area contributed by atoms with Crippen LogP contribution in [0.25, 0.3) is 5.69 Å². The number of halogens is 1. The fourth-order valence-corrected chi connectivity index (χ4v) is 2.68. The van der Waals surface area contributed by atoms with E-state index in [1.165, 1.54) is 17.8 Å². The average Bonchev–Trinajstić information content (AvgIpc) is 3.02. The van der Waals surface area contributed by atoms with Crippen molar-refractivity contribution in [3.63, 3.8) is 0 Å². The molecule has 112 valence electrons. The predicted molar refractivity (Wildman–Crippen MR) is 84.0 cm³/mol. The van der Waals surface area contributed by atoms with E-state index in [2.05, 4.69) is 10.2 Å². The highest BCUT2D eigenvalue weighted by molar-refractivity contribution is 7.99. The van der Waals surface area contributed by atoms with Crippen molar-refractivity contribution in [3.05, 3.63) is 66.7 Å². The van der Waals surface area contributed by atoms with Crippen molar-refractivity contribution < 1.29 is 9.13 Å². The Kier molecular flexibility index (Phi) is 4.70. The van der Waals surface area contributed by atoms with E-state index in [0.717, 1.165) is 10.8 Å². The molecule has 0 fully saturated rings. The third-order valence-electron chi connectivity index (χ3n) is 2.96. The Morgan fingerprint density at radius 1 is 1.05 bits per heavy atom. The van der Waals surface area contributed by atoms with Crippen LogP contribution in [-0.4, -0.2) is 27.1 Å². The number of benzene rings is 2. The number of para-hydroxylation sites is 2. The lowest BCUT2D eigenvalue weighted by atomic mass is 10.3. The van der Waals surface area contributed by atoms with E-state index >= 15 is 0 Å². The molecular formula is C16H14FN3OS. The summed E-state index contributed by atoms with van der Waals surface area (Å²) in [6, 6.07) is 16.3. The number of thioether (sulfide) groups is 1. The number of hydrogen-bond donors (Lipinski definition) is 0. The van der Waals surface area contributed by atoms with Crippen molar-refractivity contribution in [3.8, 4) is 11.4 Å². The van der Waals surface area contributed by atoms with E-state index in [9.17, 15) is 4.39 Å². The molecule has 1 heterocycles. The van der Waals surface area contributed by atoms with Crippen LogP contribution < -0.4 is 4.74 Å². The van der Waals surface area contributed by atoms with Gasteiger partial charge < -0.3 is 4.74 Å². The summed E-state index contributed by atoms with van der Waals surface area (Å²) < 4.78 is 20.8. The van der Waals surface area contributed by atoms with Gasteiger partial charge in [0.05, 0.1) is 6.61 Å². The maximum Gasteiger partial charge on any atom is 0.195 e. The Bertz CT molecular complexity index is 733. The summed E-state index contributed by atoms with van der Waals surface area (Å²) in [5.41, 5.74) is 1.00. The first-order valence-electron chi connectivity index (χ1n) is 6.80. The molecule has 1 aromatic heterocycles. The van der Waals surface area contributed by atoms with Crippen molar-refractivity contribution in [1.29, 1.82) is 0 Å². The number of aromatic nitrogens is 3. The van der Waals surface area contributed by atoms with Crippen LogP contribution in [0.3, 0.4) is 0 Å². The lowest BCUT2D eigenvalue weighted by Gasteiger charge is -2.08.